The van der Waals surface area contributed by atoms with Crippen molar-refractivity contribution in [2.75, 3.05) is 25.4 Å². The average molecular weight is 800 g/mol. The Hall–Kier alpha value is -5.47. The molecule has 4 atom stereocenters. The van der Waals surface area contributed by atoms with E-state index in [1.807, 2.05) is 18.4 Å². The summed E-state index contributed by atoms with van der Waals surface area (Å²) in [5.41, 5.74) is 6.16. The summed E-state index contributed by atoms with van der Waals surface area (Å²) in [4.78, 5) is 87.0. The zero-order valence-corrected chi connectivity index (χ0v) is 31.3. The average Bonchev–Trinajstić information content (AvgIpc) is 3.78. The van der Waals surface area contributed by atoms with Crippen molar-refractivity contribution in [1.82, 2.24) is 14.5 Å². The molecule has 2 saturated heterocycles. The molecule has 1 amide bonds. The zero-order valence-electron chi connectivity index (χ0n) is 29.7. The summed E-state index contributed by atoms with van der Waals surface area (Å²) < 4.78 is 2.17. The number of phenolic OH excluding ortho intramolecular Hbond substituents is 2. The van der Waals surface area contributed by atoms with Gasteiger partial charge in [-0.15, -0.1) is 23.1 Å². The molecule has 20 heteroatoms. The number of hydrogen-bond donors (Lipinski definition) is 6. The van der Waals surface area contributed by atoms with Crippen molar-refractivity contribution in [3.63, 3.8) is 0 Å². The third-order valence-corrected chi connectivity index (χ3v) is 12.4. The summed E-state index contributed by atoms with van der Waals surface area (Å²) in [7, 11) is 0. The van der Waals surface area contributed by atoms with E-state index in [0.717, 1.165) is 24.2 Å². The molecule has 0 saturated carbocycles. The number of aliphatic carboxylic acids is 3. The van der Waals surface area contributed by atoms with Crippen LogP contribution >= 0.6 is 23.1 Å². The van der Waals surface area contributed by atoms with Crippen LogP contribution in [0.1, 0.15) is 50.8 Å². The number of β-lactam (4-membered cyclic amide) rings is 1. The van der Waals surface area contributed by atoms with Crippen molar-refractivity contribution >= 4 is 74.4 Å². The molecule has 3 aliphatic heterocycles. The molecule has 0 radical (unpaired) electrons. The number of anilines is 1. The Balaban J connectivity index is 1.28. The molecule has 5 heterocycles. The largest absolute Gasteiger partial charge is 0.504 e. The van der Waals surface area contributed by atoms with Crippen LogP contribution < -0.4 is 11.2 Å². The van der Waals surface area contributed by atoms with Crippen molar-refractivity contribution in [3.8, 4) is 11.5 Å². The van der Waals surface area contributed by atoms with Crippen LogP contribution in [0.25, 0.3) is 10.9 Å². The molecular weight excluding hydrogens is 761 g/mol. The lowest BCUT2D eigenvalue weighted by atomic mass is 9.88. The van der Waals surface area contributed by atoms with E-state index < -0.39 is 76.5 Å². The lowest BCUT2D eigenvalue weighted by Gasteiger charge is -2.51. The van der Waals surface area contributed by atoms with Gasteiger partial charge in [0.15, 0.2) is 33.6 Å². The monoisotopic (exact) mass is 799 g/mol. The Bertz CT molecular complexity index is 2230. The molecule has 292 valence electrons. The molecule has 7 N–H and O–H groups in total. The number of hydrogen-bond acceptors (Lipinski definition) is 14. The van der Waals surface area contributed by atoms with Crippen molar-refractivity contribution in [1.29, 1.82) is 0 Å². The Morgan fingerprint density at radius 2 is 1.78 bits per heavy atom. The van der Waals surface area contributed by atoms with Crippen molar-refractivity contribution in [2.45, 2.75) is 69.3 Å². The Kier molecular flexibility index (Phi) is 10.9. The first-order valence-corrected chi connectivity index (χ1v) is 19.2. The second kappa shape index (κ2) is 15.3. The number of oxime groups is 1. The van der Waals surface area contributed by atoms with Gasteiger partial charge in [0.1, 0.15) is 24.5 Å². The van der Waals surface area contributed by atoms with Gasteiger partial charge in [0.25, 0.3) is 0 Å². The first kappa shape index (κ1) is 39.2. The van der Waals surface area contributed by atoms with E-state index in [9.17, 15) is 49.2 Å². The van der Waals surface area contributed by atoms with Crippen LogP contribution in [-0.2, 0) is 41.9 Å². The van der Waals surface area contributed by atoms with Gasteiger partial charge >= 0.3 is 17.9 Å². The maximum Gasteiger partial charge on any atom is 0.352 e. The molecule has 0 aliphatic carbocycles. The fourth-order valence-corrected chi connectivity index (χ4v) is 9.57. The van der Waals surface area contributed by atoms with Crippen LogP contribution in [0, 0.1) is 5.92 Å². The van der Waals surface area contributed by atoms with Gasteiger partial charge < -0.3 is 45.2 Å². The number of quaternary nitrogens is 1. The summed E-state index contributed by atoms with van der Waals surface area (Å²) in [6, 6.07) is 2.60. The van der Waals surface area contributed by atoms with Gasteiger partial charge in [-0.2, -0.15) is 0 Å². The number of fused-ring (bicyclic) bond motifs is 2. The molecule has 6 rings (SSSR count). The Morgan fingerprint density at radius 1 is 1.09 bits per heavy atom. The molecular formula is C35H39N6O12S2+. The molecule has 0 unspecified atom stereocenters. The van der Waals surface area contributed by atoms with Crippen molar-refractivity contribution in [3.05, 3.63) is 56.5 Å². The highest BCUT2D eigenvalue weighted by Gasteiger charge is 2.56. The minimum atomic E-state index is -1.92. The number of carboxylic acid groups (broad SMARTS) is 3. The first-order chi connectivity index (χ1) is 26.0. The number of aromatic nitrogens is 2. The number of aromatic hydroxyl groups is 2. The highest BCUT2D eigenvalue weighted by atomic mass is 32.2. The fraction of sp³-hybridized carbons (Fsp3) is 0.429. The smallest absolute Gasteiger partial charge is 0.352 e. The lowest BCUT2D eigenvalue weighted by Crippen LogP contribution is -2.63. The van der Waals surface area contributed by atoms with Crippen LogP contribution in [0.5, 0.6) is 11.5 Å². The zero-order chi connectivity index (χ0) is 39.9. The maximum absolute atomic E-state index is 13.8. The number of likely N-dealkylation sites (tertiary alicyclic amines) is 1. The van der Waals surface area contributed by atoms with Crippen LogP contribution in [0.2, 0.25) is 0 Å². The summed E-state index contributed by atoms with van der Waals surface area (Å²) in [6.07, 6.45) is 0.0624. The van der Waals surface area contributed by atoms with Gasteiger partial charge in [-0.1, -0.05) is 5.16 Å². The Labute approximate surface area is 320 Å². The third kappa shape index (κ3) is 7.61. The number of aryl methyl sites for hydroxylation is 1. The van der Waals surface area contributed by atoms with Crippen LogP contribution in [0.4, 0.5) is 5.13 Å². The van der Waals surface area contributed by atoms with E-state index in [2.05, 4.69) is 10.1 Å². The van der Waals surface area contributed by atoms with Gasteiger partial charge in [-0.25, -0.2) is 14.6 Å². The Morgan fingerprint density at radius 3 is 2.38 bits per heavy atom. The van der Waals surface area contributed by atoms with Gasteiger partial charge in [0.2, 0.25) is 12.0 Å². The fourth-order valence-electron chi connectivity index (χ4n) is 7.52. The van der Waals surface area contributed by atoms with Gasteiger partial charge in [-0.3, -0.25) is 24.1 Å². The van der Waals surface area contributed by atoms with Crippen LogP contribution in [-0.4, -0.2) is 116 Å². The number of amides is 1. The number of carbonyl (C=O) groups excluding carboxylic acids is 2. The quantitative estimate of drug-likeness (QED) is 0.0423. The third-order valence-electron chi connectivity index (χ3n) is 10.2. The van der Waals surface area contributed by atoms with E-state index in [-0.39, 0.29) is 46.2 Å². The highest BCUT2D eigenvalue weighted by Crippen LogP contribution is 2.49. The summed E-state index contributed by atoms with van der Waals surface area (Å²) in [5.74, 6) is -7.57. The topological polar surface area (TPSA) is 272 Å². The minimum absolute atomic E-state index is 0.0526. The molecule has 0 bridgehead atoms. The molecule has 18 nitrogen and oxygen atoms in total. The maximum atomic E-state index is 13.8. The number of nitrogens with two attached hydrogens (primary N) is 1. The normalized spacial score (nSPS) is 21.3. The molecule has 55 heavy (non-hydrogen) atoms. The van der Waals surface area contributed by atoms with E-state index in [0.29, 0.717) is 40.8 Å². The van der Waals surface area contributed by atoms with Crippen LogP contribution in [0.15, 0.2) is 44.9 Å². The highest BCUT2D eigenvalue weighted by molar-refractivity contribution is 8.00. The standard InChI is InChI=1S/C35H38N6O12S2/c1-3-39-12-17(30(47)18-8-23(42)24(43)10-22(18)39)13-41(6-4-5-7-41)14-20-16(2)55-32-19(31(48)40(32)29(20)34(51)52)9-25(44)28(21-15-54-35(36)37-21)38-53-26(33(49)50)11-27(45)46/h8,10,12,15-16,19,26,32H,3-7,9,11,13-14H2,1-2H3,(H6-,36,37,38,42,43,44,45,46,47,49,50,51,52)/p+1/t16-,19+,26-,32+/m0/s1. The lowest BCUT2D eigenvalue weighted by molar-refractivity contribution is -0.925. The molecule has 2 aromatic heterocycles. The van der Waals surface area contributed by atoms with Crippen LogP contribution in [0.3, 0.4) is 0 Å². The molecule has 3 aromatic rings. The number of carboxylic acids is 3. The van der Waals surface area contributed by atoms with E-state index in [1.165, 1.54) is 34.2 Å². The predicted octanol–water partition coefficient (Wildman–Crippen LogP) is 2.15. The summed E-state index contributed by atoms with van der Waals surface area (Å²) >= 11 is 2.28. The number of benzene rings is 1. The SMILES string of the molecule is CCn1cc(C[N+]2(CC3=C(C(=O)O)N4C(=O)[C@@H](CC(=O)/C(=N\O[C@@H](CC(=O)O)C(=O)O)c5csc(N)n5)[C@H]4S[C@H]3C)CCCC2)c(=O)c2cc(O)c(O)cc21. The molecule has 3 aliphatic rings. The number of pyridine rings is 1. The van der Waals surface area contributed by atoms with Gasteiger partial charge in [-0.05, 0) is 19.9 Å². The number of nitrogens with zero attached hydrogens (tertiary/aromatic N) is 5. The van der Waals surface area contributed by atoms with Crippen molar-refractivity contribution in [2.24, 2.45) is 11.1 Å². The second-order valence-electron chi connectivity index (χ2n) is 13.8. The predicted molar refractivity (Wildman–Crippen MR) is 198 cm³/mol. The van der Waals surface area contributed by atoms with E-state index in [4.69, 9.17) is 15.7 Å². The molecule has 2 fully saturated rings. The number of carbonyl (C=O) groups is 5. The molecule has 1 aromatic carbocycles. The number of thiazole rings is 1. The number of nitrogen functional groups attached to an aromatic ring is 1. The van der Waals surface area contributed by atoms with Gasteiger partial charge in [0.05, 0.1) is 47.3 Å². The summed E-state index contributed by atoms with van der Waals surface area (Å²) in [5, 5.41) is 53.5. The number of rotatable bonds is 15. The molecule has 0 spiro atoms. The van der Waals surface area contributed by atoms with E-state index in [1.54, 1.807) is 6.20 Å². The first-order valence-electron chi connectivity index (χ1n) is 17.3. The number of thioether (sulfide) groups is 1. The number of Topliss-reactive ketones (excluding diaryl/α,β-unsaturated/α-hetero) is 1. The number of ketones is 1. The second-order valence-corrected chi connectivity index (χ2v) is 16.1. The number of phenols is 2. The van der Waals surface area contributed by atoms with Crippen molar-refractivity contribution < 1.29 is 58.8 Å². The van der Waals surface area contributed by atoms with Gasteiger partial charge in [0, 0.05) is 54.3 Å². The van der Waals surface area contributed by atoms with E-state index >= 15 is 0 Å². The summed E-state index contributed by atoms with van der Waals surface area (Å²) in [6.45, 7) is 5.99. The minimum Gasteiger partial charge on any atom is -0.504 e.